The lowest BCUT2D eigenvalue weighted by Crippen LogP contribution is -2.41. The molecule has 1 unspecified atom stereocenters. The van der Waals surface area contributed by atoms with Crippen LogP contribution in [0.2, 0.25) is 0 Å². The molecule has 2 aromatic rings. The van der Waals surface area contributed by atoms with Crippen molar-refractivity contribution in [3.05, 3.63) is 61.7 Å². The van der Waals surface area contributed by atoms with Crippen LogP contribution in [0.15, 0.2) is 27.8 Å². The number of halogens is 5. The smallest absolute Gasteiger partial charge is 0.292 e. The fourth-order valence-corrected chi connectivity index (χ4v) is 3.33. The van der Waals surface area contributed by atoms with E-state index in [4.69, 9.17) is 16.9 Å². The first-order valence-corrected chi connectivity index (χ1v) is 10.2. The van der Waals surface area contributed by atoms with E-state index < -0.39 is 67.1 Å². The van der Waals surface area contributed by atoms with Crippen molar-refractivity contribution in [2.45, 2.75) is 11.6 Å². The van der Waals surface area contributed by atoms with Crippen molar-refractivity contribution in [3.63, 3.8) is 0 Å². The Hall–Kier alpha value is -3.18. The van der Waals surface area contributed by atoms with Gasteiger partial charge < -0.3 is 0 Å². The molecule has 0 fully saturated rings. The Bertz CT molecular complexity index is 1340. The van der Waals surface area contributed by atoms with Crippen LogP contribution in [-0.2, 0) is 28.0 Å². The highest BCUT2D eigenvalue weighted by atomic mass is 35.5. The van der Waals surface area contributed by atoms with Gasteiger partial charge in [-0.2, -0.15) is 18.4 Å². The molecule has 0 aliphatic heterocycles. The number of rotatable bonds is 4. The second-order valence-electron chi connectivity index (χ2n) is 6.15. The van der Waals surface area contributed by atoms with Gasteiger partial charge in [-0.15, -0.1) is 11.6 Å². The number of carbonyl (C=O) groups excluding carboxylic acids is 1. The van der Waals surface area contributed by atoms with Gasteiger partial charge in [-0.3, -0.25) is 18.9 Å². The van der Waals surface area contributed by atoms with E-state index in [9.17, 15) is 40.4 Å². The average molecular weight is 483 g/mol. The van der Waals surface area contributed by atoms with Gasteiger partial charge in [0.2, 0.25) is 10.0 Å². The summed E-state index contributed by atoms with van der Waals surface area (Å²) in [5.41, 5.74) is -6.63. The predicted octanol–water partition coefficient (Wildman–Crippen LogP) is 0.921. The summed E-state index contributed by atoms with van der Waals surface area (Å²) < 4.78 is 77.6. The Morgan fingerprint density at radius 1 is 1.26 bits per heavy atom. The Labute approximate surface area is 176 Å². The minimum Gasteiger partial charge on any atom is -0.292 e. The van der Waals surface area contributed by atoms with Crippen molar-refractivity contribution in [2.24, 2.45) is 7.05 Å². The van der Waals surface area contributed by atoms with Gasteiger partial charge in [-0.1, -0.05) is 0 Å². The third-order valence-corrected chi connectivity index (χ3v) is 4.89. The van der Waals surface area contributed by atoms with Crippen LogP contribution in [0.4, 0.5) is 17.6 Å². The molecular formula is C16H11ClF4N4O5S. The first-order chi connectivity index (χ1) is 14.1. The van der Waals surface area contributed by atoms with Crippen LogP contribution in [0.5, 0.6) is 0 Å². The molecule has 1 atom stereocenters. The number of alkyl halides is 4. The van der Waals surface area contributed by atoms with Gasteiger partial charge in [0.25, 0.3) is 11.5 Å². The van der Waals surface area contributed by atoms with Gasteiger partial charge in [0, 0.05) is 13.1 Å². The molecule has 9 nitrogen and oxygen atoms in total. The number of amides is 1. The molecule has 15 heteroatoms. The monoisotopic (exact) mass is 482 g/mol. The second kappa shape index (κ2) is 8.16. The molecular weight excluding hydrogens is 472 g/mol. The van der Waals surface area contributed by atoms with Crippen molar-refractivity contribution < 1.29 is 30.8 Å². The molecule has 2 rings (SSSR count). The lowest BCUT2D eigenvalue weighted by molar-refractivity contribution is -0.144. The minimum absolute atomic E-state index is 0.0489. The maximum atomic E-state index is 14.5. The van der Waals surface area contributed by atoms with E-state index in [1.165, 1.54) is 10.8 Å². The Morgan fingerprint density at radius 3 is 2.32 bits per heavy atom. The molecule has 1 N–H and O–H groups in total. The molecule has 0 aliphatic rings. The largest absolute Gasteiger partial charge is 0.431 e. The lowest BCUT2D eigenvalue weighted by atomic mass is 10.0. The van der Waals surface area contributed by atoms with E-state index in [2.05, 4.69) is 0 Å². The quantitative estimate of drug-likeness (QED) is 0.509. The Morgan fingerprint density at radius 2 is 1.84 bits per heavy atom. The van der Waals surface area contributed by atoms with Gasteiger partial charge in [-0.25, -0.2) is 22.2 Å². The third kappa shape index (κ3) is 4.94. The van der Waals surface area contributed by atoms with E-state index in [0.29, 0.717) is 25.4 Å². The van der Waals surface area contributed by atoms with E-state index in [1.54, 1.807) is 0 Å². The van der Waals surface area contributed by atoms with Gasteiger partial charge in [-0.05, 0) is 17.7 Å². The van der Waals surface area contributed by atoms with Gasteiger partial charge in [0.1, 0.15) is 16.9 Å². The maximum Gasteiger partial charge on any atom is 0.431 e. The summed E-state index contributed by atoms with van der Waals surface area (Å²) in [6.07, 6.45) is -4.41. The number of hydrogen-bond acceptors (Lipinski definition) is 6. The van der Waals surface area contributed by atoms with E-state index >= 15 is 0 Å². The highest BCUT2D eigenvalue weighted by Crippen LogP contribution is 2.29. The molecule has 1 aromatic heterocycles. The van der Waals surface area contributed by atoms with Crippen molar-refractivity contribution >= 4 is 27.5 Å². The molecule has 1 heterocycles. The SMILES string of the molecule is Cn1c(C(F)(F)F)cc(=O)n(-c2cc(C(Cl)C(=O)NS(C)(=O)=O)c(C#N)cc2F)c1=O. The van der Waals surface area contributed by atoms with E-state index in [1.807, 2.05) is 0 Å². The molecule has 0 bridgehead atoms. The minimum atomic E-state index is -5.05. The zero-order valence-corrected chi connectivity index (χ0v) is 17.1. The highest BCUT2D eigenvalue weighted by molar-refractivity contribution is 7.89. The van der Waals surface area contributed by atoms with Crippen LogP contribution < -0.4 is 16.0 Å². The molecule has 31 heavy (non-hydrogen) atoms. The fraction of sp³-hybridized carbons (Fsp3) is 0.250. The first kappa shape index (κ1) is 24.1. The molecule has 0 spiro atoms. The van der Waals surface area contributed by atoms with Crippen molar-refractivity contribution in [1.29, 1.82) is 5.26 Å². The summed E-state index contributed by atoms with van der Waals surface area (Å²) in [4.78, 5) is 36.6. The van der Waals surface area contributed by atoms with Gasteiger partial charge in [0.05, 0.1) is 23.6 Å². The van der Waals surface area contributed by atoms with Gasteiger partial charge in [0.15, 0.2) is 0 Å². The van der Waals surface area contributed by atoms with Gasteiger partial charge >= 0.3 is 11.9 Å². The van der Waals surface area contributed by atoms with Crippen molar-refractivity contribution in [3.8, 4) is 11.8 Å². The Balaban J connectivity index is 2.79. The second-order valence-corrected chi connectivity index (χ2v) is 8.33. The van der Waals surface area contributed by atoms with Crippen molar-refractivity contribution in [2.75, 3.05) is 6.26 Å². The number of nitriles is 1. The maximum absolute atomic E-state index is 14.5. The van der Waals surface area contributed by atoms with Crippen molar-refractivity contribution in [1.82, 2.24) is 13.9 Å². The lowest BCUT2D eigenvalue weighted by Gasteiger charge is -2.16. The highest BCUT2D eigenvalue weighted by Gasteiger charge is 2.35. The first-order valence-electron chi connectivity index (χ1n) is 7.88. The fourth-order valence-electron chi connectivity index (χ4n) is 2.55. The average Bonchev–Trinajstić information content (AvgIpc) is 2.62. The number of nitrogens with one attached hydrogen (secondary N) is 1. The molecule has 0 aliphatic carbocycles. The van der Waals surface area contributed by atoms with Crippen LogP contribution in [0.3, 0.4) is 0 Å². The summed E-state index contributed by atoms with van der Waals surface area (Å²) in [5.74, 6) is -2.68. The molecule has 1 aromatic carbocycles. The summed E-state index contributed by atoms with van der Waals surface area (Å²) in [6, 6.07) is 2.70. The van der Waals surface area contributed by atoms with E-state index in [0.717, 1.165) is 0 Å². The summed E-state index contributed by atoms with van der Waals surface area (Å²) in [6.45, 7) is 0. The molecule has 166 valence electrons. The Kier molecular flexibility index (Phi) is 6.34. The van der Waals surface area contributed by atoms with Crippen LogP contribution in [0, 0.1) is 17.1 Å². The number of aromatic nitrogens is 2. The topological polar surface area (TPSA) is 131 Å². The summed E-state index contributed by atoms with van der Waals surface area (Å²) in [7, 11) is -3.36. The van der Waals surface area contributed by atoms with Crippen LogP contribution in [0.25, 0.3) is 5.69 Å². The zero-order chi connectivity index (χ0) is 23.9. The standard InChI is InChI=1S/C16H11ClF4N4O5S/c1-24-11(16(19,20)21)5-12(26)25(15(24)28)10-4-8(7(6-22)3-9(10)18)13(17)14(27)23-31(2,29)30/h3-5,13H,1-2H3,(H,23,27). The number of benzene rings is 1. The third-order valence-electron chi connectivity index (χ3n) is 3.88. The number of hydrogen-bond donors (Lipinski definition) is 1. The number of sulfonamides is 1. The molecule has 0 saturated heterocycles. The molecule has 0 radical (unpaired) electrons. The summed E-state index contributed by atoms with van der Waals surface area (Å²) in [5, 5.41) is 7.27. The van der Waals surface area contributed by atoms with Crippen LogP contribution in [-0.4, -0.2) is 29.7 Å². The number of nitrogens with zero attached hydrogens (tertiary/aromatic N) is 3. The molecule has 1 amide bonds. The van der Waals surface area contributed by atoms with E-state index in [-0.39, 0.29) is 15.2 Å². The van der Waals surface area contributed by atoms with Crippen LogP contribution >= 0.6 is 11.6 Å². The predicted molar refractivity (Wildman–Crippen MR) is 98.5 cm³/mol. The van der Waals surface area contributed by atoms with Crippen LogP contribution in [0.1, 0.15) is 22.2 Å². The zero-order valence-electron chi connectivity index (χ0n) is 15.5. The summed E-state index contributed by atoms with van der Waals surface area (Å²) >= 11 is 5.88. The number of carbonyl (C=O) groups is 1. The normalized spacial score (nSPS) is 12.8. The molecule has 0 saturated carbocycles.